The minimum atomic E-state index is -0.517. The average Bonchev–Trinajstić information content (AvgIpc) is 2.99. The number of carbonyl (C=O) groups is 1. The summed E-state index contributed by atoms with van der Waals surface area (Å²) in [5.41, 5.74) is 1.42. The number of likely N-dealkylation sites (N-methyl/N-ethyl adjacent to an activating group) is 1. The molecule has 4 aliphatic rings. The van der Waals surface area contributed by atoms with Gasteiger partial charge in [0.1, 0.15) is 0 Å². The van der Waals surface area contributed by atoms with Crippen molar-refractivity contribution < 1.29 is 19.4 Å². The van der Waals surface area contributed by atoms with Crippen LogP contribution >= 0.6 is 0 Å². The highest BCUT2D eigenvalue weighted by Gasteiger charge is 2.73. The molecule has 0 radical (unpaired) electrons. The number of phenols is 1. The molecule has 2 fully saturated rings. The summed E-state index contributed by atoms with van der Waals surface area (Å²) in [5.74, 6) is 0.848. The Morgan fingerprint density at radius 3 is 3.04 bits per heavy atom. The first-order chi connectivity index (χ1) is 12.5. The second-order valence-corrected chi connectivity index (χ2v) is 8.43. The van der Waals surface area contributed by atoms with E-state index in [9.17, 15) is 9.90 Å². The number of nitrogens with zero attached hydrogens (tertiary/aromatic N) is 1. The van der Waals surface area contributed by atoms with Crippen molar-refractivity contribution in [1.29, 1.82) is 0 Å². The van der Waals surface area contributed by atoms with Gasteiger partial charge in [0.15, 0.2) is 23.4 Å². The first-order valence-electron chi connectivity index (χ1n) is 9.94. The molecular weight excluding hydrogens is 330 g/mol. The molecule has 1 spiro atoms. The predicted molar refractivity (Wildman–Crippen MR) is 96.8 cm³/mol. The van der Waals surface area contributed by atoms with Crippen LogP contribution in [0.4, 0.5) is 0 Å². The van der Waals surface area contributed by atoms with Crippen molar-refractivity contribution in [2.24, 2.45) is 0 Å². The summed E-state index contributed by atoms with van der Waals surface area (Å²) in [6.45, 7) is 3.81. The van der Waals surface area contributed by atoms with Crippen molar-refractivity contribution >= 4 is 5.78 Å². The zero-order valence-electron chi connectivity index (χ0n) is 15.6. The molecule has 1 aromatic rings. The standard InChI is InChI=1S/C21H27NO4/c1-3-4-11-25-21-8-7-15(24)19-20(21)9-10-22(2)16(21)12-13-5-6-14(23)18(26-19)17(13)20/h5-6,16,19,23H,3-4,7-12H2,1-2H3/t16?,19-,20-,21+/m0/s1. The molecule has 140 valence electrons. The second-order valence-electron chi connectivity index (χ2n) is 8.43. The van der Waals surface area contributed by atoms with E-state index >= 15 is 0 Å². The molecule has 5 nitrogen and oxygen atoms in total. The Morgan fingerprint density at radius 2 is 2.23 bits per heavy atom. The van der Waals surface area contributed by atoms with Crippen LogP contribution in [-0.2, 0) is 21.4 Å². The van der Waals surface area contributed by atoms with Gasteiger partial charge in [-0.2, -0.15) is 0 Å². The number of unbranched alkanes of at least 4 members (excludes halogenated alkanes) is 1. The van der Waals surface area contributed by atoms with Gasteiger partial charge in [-0.3, -0.25) is 4.79 Å². The van der Waals surface area contributed by atoms with Crippen molar-refractivity contribution in [1.82, 2.24) is 4.90 Å². The summed E-state index contributed by atoms with van der Waals surface area (Å²) in [6.07, 6.45) is 4.56. The summed E-state index contributed by atoms with van der Waals surface area (Å²) < 4.78 is 12.9. The highest BCUT2D eigenvalue weighted by Crippen LogP contribution is 2.65. The van der Waals surface area contributed by atoms with E-state index in [0.29, 0.717) is 18.8 Å². The van der Waals surface area contributed by atoms with Gasteiger partial charge >= 0.3 is 0 Å². The van der Waals surface area contributed by atoms with E-state index in [0.717, 1.165) is 44.2 Å². The fraction of sp³-hybridized carbons (Fsp3) is 0.667. The number of hydrogen-bond donors (Lipinski definition) is 1. The number of benzene rings is 1. The Balaban J connectivity index is 1.75. The van der Waals surface area contributed by atoms with Crippen LogP contribution in [-0.4, -0.2) is 53.7 Å². The molecule has 1 aromatic carbocycles. The Kier molecular flexibility index (Phi) is 3.48. The molecule has 0 aromatic heterocycles. The molecule has 2 bridgehead atoms. The quantitative estimate of drug-likeness (QED) is 0.840. The van der Waals surface area contributed by atoms with E-state index in [2.05, 4.69) is 18.9 Å². The Bertz CT molecular complexity index is 778. The maximum atomic E-state index is 12.9. The largest absolute Gasteiger partial charge is 0.504 e. The molecule has 5 heteroatoms. The number of likely N-dealkylation sites (tertiary alicyclic amines) is 1. The van der Waals surface area contributed by atoms with E-state index in [1.54, 1.807) is 6.07 Å². The second kappa shape index (κ2) is 5.46. The van der Waals surface area contributed by atoms with Crippen molar-refractivity contribution in [3.05, 3.63) is 23.3 Å². The monoisotopic (exact) mass is 357 g/mol. The zero-order chi connectivity index (χ0) is 18.1. The fourth-order valence-corrected chi connectivity index (χ4v) is 6.20. The van der Waals surface area contributed by atoms with Gasteiger partial charge in [0.05, 0.1) is 11.0 Å². The van der Waals surface area contributed by atoms with E-state index in [1.165, 1.54) is 5.56 Å². The number of piperidine rings is 1. The minimum absolute atomic E-state index is 0.153. The molecule has 0 amide bonds. The van der Waals surface area contributed by atoms with Crippen LogP contribution in [0, 0.1) is 0 Å². The Hall–Kier alpha value is -1.59. The molecule has 5 rings (SSSR count). The topological polar surface area (TPSA) is 59.0 Å². The highest BCUT2D eigenvalue weighted by atomic mass is 16.5. The molecule has 1 N–H and O–H groups in total. The average molecular weight is 357 g/mol. The number of rotatable bonds is 4. The lowest BCUT2D eigenvalue weighted by molar-refractivity contribution is -0.210. The number of hydrogen-bond acceptors (Lipinski definition) is 5. The Labute approximate surface area is 154 Å². The summed E-state index contributed by atoms with van der Waals surface area (Å²) >= 11 is 0. The van der Waals surface area contributed by atoms with E-state index < -0.39 is 17.1 Å². The van der Waals surface area contributed by atoms with Crippen LogP contribution in [0.1, 0.15) is 50.2 Å². The molecule has 2 aliphatic carbocycles. The number of ketones is 1. The first-order valence-corrected chi connectivity index (χ1v) is 9.94. The van der Waals surface area contributed by atoms with E-state index in [4.69, 9.17) is 9.47 Å². The molecule has 1 unspecified atom stereocenters. The molecule has 2 aliphatic heterocycles. The third-order valence-electron chi connectivity index (χ3n) is 7.34. The van der Waals surface area contributed by atoms with Crippen LogP contribution < -0.4 is 4.74 Å². The smallest absolute Gasteiger partial charge is 0.174 e. The third-order valence-corrected chi connectivity index (χ3v) is 7.34. The molecule has 1 saturated heterocycles. The van der Waals surface area contributed by atoms with Gasteiger partial charge in [-0.25, -0.2) is 0 Å². The maximum absolute atomic E-state index is 12.9. The van der Waals surface area contributed by atoms with Gasteiger partial charge in [0, 0.05) is 24.6 Å². The van der Waals surface area contributed by atoms with Gasteiger partial charge in [-0.05, 0) is 50.9 Å². The van der Waals surface area contributed by atoms with Crippen LogP contribution in [0.5, 0.6) is 11.5 Å². The number of aromatic hydroxyl groups is 1. The number of phenolic OH excluding ortho intramolecular Hbond substituents is 1. The number of ether oxygens (including phenoxy) is 2. The molecule has 1 saturated carbocycles. The third kappa shape index (κ3) is 1.76. The molecule has 2 heterocycles. The van der Waals surface area contributed by atoms with Gasteiger partial charge in [-0.1, -0.05) is 19.4 Å². The van der Waals surface area contributed by atoms with Crippen molar-refractivity contribution in [2.75, 3.05) is 20.2 Å². The van der Waals surface area contributed by atoms with Crippen LogP contribution in [0.25, 0.3) is 0 Å². The fourth-order valence-electron chi connectivity index (χ4n) is 6.20. The van der Waals surface area contributed by atoms with Gasteiger partial charge in [-0.15, -0.1) is 0 Å². The van der Waals surface area contributed by atoms with E-state index in [-0.39, 0.29) is 17.6 Å². The summed E-state index contributed by atoms with van der Waals surface area (Å²) in [7, 11) is 2.18. The molecule has 26 heavy (non-hydrogen) atoms. The lowest BCUT2D eigenvalue weighted by Crippen LogP contribution is -2.77. The zero-order valence-corrected chi connectivity index (χ0v) is 15.6. The van der Waals surface area contributed by atoms with Crippen molar-refractivity contribution in [2.45, 2.75) is 68.6 Å². The normalized spacial score (nSPS) is 37.4. The lowest BCUT2D eigenvalue weighted by Gasteiger charge is -2.64. The summed E-state index contributed by atoms with van der Waals surface area (Å²) in [6, 6.07) is 3.98. The van der Waals surface area contributed by atoms with Gasteiger partial charge < -0.3 is 19.5 Å². The molecule has 4 atom stereocenters. The van der Waals surface area contributed by atoms with Crippen molar-refractivity contribution in [3.63, 3.8) is 0 Å². The van der Waals surface area contributed by atoms with Crippen LogP contribution in [0.15, 0.2) is 12.1 Å². The first kappa shape index (κ1) is 16.6. The highest BCUT2D eigenvalue weighted by molar-refractivity contribution is 5.90. The summed E-state index contributed by atoms with van der Waals surface area (Å²) in [5, 5.41) is 10.5. The Morgan fingerprint density at radius 1 is 1.38 bits per heavy atom. The van der Waals surface area contributed by atoms with Crippen LogP contribution in [0.3, 0.4) is 0 Å². The molecular formula is C21H27NO4. The predicted octanol–water partition coefficient (Wildman–Crippen LogP) is 2.57. The SMILES string of the molecule is CCCCO[C@@]12CCC(=O)[C@@H]3Oc4c(O)ccc5c4[C@@]31CCN(C)C2C5. The van der Waals surface area contributed by atoms with Gasteiger partial charge in [0.25, 0.3) is 0 Å². The van der Waals surface area contributed by atoms with E-state index in [1.807, 2.05) is 6.07 Å². The number of carbonyl (C=O) groups excluding carboxylic acids is 1. The lowest BCUT2D eigenvalue weighted by atomic mass is 9.49. The van der Waals surface area contributed by atoms with Crippen molar-refractivity contribution in [3.8, 4) is 11.5 Å². The summed E-state index contributed by atoms with van der Waals surface area (Å²) in [4.78, 5) is 15.3. The number of Topliss-reactive ketones (excluding diaryl/α,β-unsaturated/α-hetero) is 1. The van der Waals surface area contributed by atoms with Gasteiger partial charge in [0.2, 0.25) is 0 Å². The maximum Gasteiger partial charge on any atom is 0.174 e. The van der Waals surface area contributed by atoms with Crippen LogP contribution in [0.2, 0.25) is 0 Å². The minimum Gasteiger partial charge on any atom is -0.504 e.